The van der Waals surface area contributed by atoms with Gasteiger partial charge < -0.3 is 10.2 Å². The van der Waals surface area contributed by atoms with Crippen molar-refractivity contribution in [2.75, 3.05) is 14.1 Å². The number of amides is 1. The number of carbonyl (C=O) groups is 1. The fourth-order valence-corrected chi connectivity index (χ4v) is 2.96. The second kappa shape index (κ2) is 7.88. The van der Waals surface area contributed by atoms with E-state index in [1.54, 1.807) is 4.90 Å². The Morgan fingerprint density at radius 1 is 1.21 bits per heavy atom. The first kappa shape index (κ1) is 16.5. The molecule has 0 saturated heterocycles. The molecular formula is C16H32N2O. The lowest BCUT2D eigenvalue weighted by molar-refractivity contribution is -0.131. The fraction of sp³-hybridized carbons (Fsp3) is 0.938. The van der Waals surface area contributed by atoms with Gasteiger partial charge in [0.05, 0.1) is 6.04 Å². The first-order valence-electron chi connectivity index (χ1n) is 7.87. The van der Waals surface area contributed by atoms with Gasteiger partial charge in [-0.25, -0.2) is 0 Å². The lowest BCUT2D eigenvalue weighted by Crippen LogP contribution is -2.48. The Morgan fingerprint density at radius 3 is 2.47 bits per heavy atom. The Morgan fingerprint density at radius 2 is 1.89 bits per heavy atom. The Bertz CT molecular complexity index is 276. The minimum absolute atomic E-state index is 0.00611. The van der Waals surface area contributed by atoms with Crippen LogP contribution in [0.25, 0.3) is 0 Å². The van der Waals surface area contributed by atoms with Crippen molar-refractivity contribution < 1.29 is 4.79 Å². The highest BCUT2D eigenvalue weighted by atomic mass is 16.2. The van der Waals surface area contributed by atoms with Gasteiger partial charge in [0.15, 0.2) is 0 Å². The van der Waals surface area contributed by atoms with Crippen molar-refractivity contribution in [1.29, 1.82) is 0 Å². The molecule has 3 atom stereocenters. The van der Waals surface area contributed by atoms with E-state index in [4.69, 9.17) is 0 Å². The maximum atomic E-state index is 12.3. The normalized spacial score (nSPS) is 26.0. The van der Waals surface area contributed by atoms with E-state index in [1.165, 1.54) is 32.1 Å². The Hall–Kier alpha value is -0.570. The van der Waals surface area contributed by atoms with Crippen LogP contribution in [-0.2, 0) is 4.79 Å². The summed E-state index contributed by atoms with van der Waals surface area (Å²) in [6.07, 6.45) is 7.31. The first-order valence-corrected chi connectivity index (χ1v) is 7.87. The quantitative estimate of drug-likeness (QED) is 0.777. The van der Waals surface area contributed by atoms with Crippen molar-refractivity contribution in [3.8, 4) is 0 Å². The van der Waals surface area contributed by atoms with Gasteiger partial charge in [-0.3, -0.25) is 4.79 Å². The van der Waals surface area contributed by atoms with Gasteiger partial charge in [0.1, 0.15) is 0 Å². The summed E-state index contributed by atoms with van der Waals surface area (Å²) in [5.41, 5.74) is 0. The van der Waals surface area contributed by atoms with Gasteiger partial charge in [-0.05, 0) is 37.5 Å². The van der Waals surface area contributed by atoms with Crippen LogP contribution < -0.4 is 5.32 Å². The number of hydrogen-bond donors (Lipinski definition) is 1. The zero-order valence-electron chi connectivity index (χ0n) is 13.4. The highest BCUT2D eigenvalue weighted by Gasteiger charge is 2.25. The third kappa shape index (κ3) is 5.94. The molecule has 0 heterocycles. The predicted octanol–water partition coefficient (Wildman–Crippen LogP) is 3.05. The highest BCUT2D eigenvalue weighted by molar-refractivity contribution is 5.81. The largest absolute Gasteiger partial charge is 0.347 e. The summed E-state index contributed by atoms with van der Waals surface area (Å²) < 4.78 is 0. The third-order valence-electron chi connectivity index (χ3n) is 4.14. The van der Waals surface area contributed by atoms with Gasteiger partial charge in [0, 0.05) is 20.1 Å². The molecule has 0 spiro atoms. The first-order chi connectivity index (χ1) is 8.90. The zero-order chi connectivity index (χ0) is 14.4. The molecule has 0 aromatic rings. The molecule has 1 rings (SSSR count). The molecule has 1 amide bonds. The van der Waals surface area contributed by atoms with Gasteiger partial charge in [-0.2, -0.15) is 0 Å². The molecular weight excluding hydrogens is 236 g/mol. The van der Waals surface area contributed by atoms with Crippen molar-refractivity contribution in [3.05, 3.63) is 0 Å². The number of hydrogen-bond acceptors (Lipinski definition) is 2. The van der Waals surface area contributed by atoms with Crippen LogP contribution >= 0.6 is 0 Å². The van der Waals surface area contributed by atoms with E-state index in [9.17, 15) is 4.79 Å². The SMILES string of the molecule is CC(C)CC(NC1CCCC(C)CC1)C(=O)N(C)C. The maximum Gasteiger partial charge on any atom is 0.239 e. The lowest BCUT2D eigenvalue weighted by atomic mass is 9.99. The zero-order valence-corrected chi connectivity index (χ0v) is 13.4. The van der Waals surface area contributed by atoms with Gasteiger partial charge in [-0.1, -0.05) is 33.6 Å². The minimum Gasteiger partial charge on any atom is -0.347 e. The average molecular weight is 268 g/mol. The average Bonchev–Trinajstić information content (AvgIpc) is 2.52. The molecule has 3 unspecified atom stereocenters. The van der Waals surface area contributed by atoms with E-state index < -0.39 is 0 Å². The van der Waals surface area contributed by atoms with E-state index in [0.29, 0.717) is 12.0 Å². The predicted molar refractivity (Wildman–Crippen MR) is 81.1 cm³/mol. The molecule has 0 aromatic carbocycles. The minimum atomic E-state index is -0.00611. The molecule has 19 heavy (non-hydrogen) atoms. The summed E-state index contributed by atoms with van der Waals surface area (Å²) in [6, 6.07) is 0.519. The molecule has 1 aliphatic rings. The number of carbonyl (C=O) groups excluding carboxylic acids is 1. The monoisotopic (exact) mass is 268 g/mol. The molecule has 1 aliphatic carbocycles. The fourth-order valence-electron chi connectivity index (χ4n) is 2.96. The van der Waals surface area contributed by atoms with Gasteiger partial charge in [0.25, 0.3) is 0 Å². The van der Waals surface area contributed by atoms with Crippen LogP contribution in [0.2, 0.25) is 0 Å². The summed E-state index contributed by atoms with van der Waals surface area (Å²) in [5, 5.41) is 3.64. The Balaban J connectivity index is 2.58. The van der Waals surface area contributed by atoms with Crippen molar-refractivity contribution in [2.45, 2.75) is 71.4 Å². The summed E-state index contributed by atoms with van der Waals surface area (Å²) in [4.78, 5) is 14.0. The molecule has 1 fully saturated rings. The smallest absolute Gasteiger partial charge is 0.239 e. The van der Waals surface area contributed by atoms with E-state index in [2.05, 4.69) is 26.1 Å². The second-order valence-corrected chi connectivity index (χ2v) is 6.89. The highest BCUT2D eigenvalue weighted by Crippen LogP contribution is 2.23. The Labute approximate surface area is 119 Å². The number of likely N-dealkylation sites (N-methyl/N-ethyl adjacent to an activating group) is 1. The van der Waals surface area contributed by atoms with E-state index >= 15 is 0 Å². The van der Waals surface area contributed by atoms with Crippen LogP contribution in [0.15, 0.2) is 0 Å². The molecule has 1 N–H and O–H groups in total. The van der Waals surface area contributed by atoms with Crippen LogP contribution in [0.5, 0.6) is 0 Å². The standard InChI is InChI=1S/C16H32N2O/c1-12(2)11-15(16(19)18(4)5)17-14-8-6-7-13(3)9-10-14/h12-15,17H,6-11H2,1-5H3. The lowest BCUT2D eigenvalue weighted by Gasteiger charge is -2.27. The van der Waals surface area contributed by atoms with Gasteiger partial charge in [-0.15, -0.1) is 0 Å². The number of nitrogens with zero attached hydrogens (tertiary/aromatic N) is 1. The third-order valence-corrected chi connectivity index (χ3v) is 4.14. The van der Waals surface area contributed by atoms with Crippen molar-refractivity contribution in [1.82, 2.24) is 10.2 Å². The molecule has 3 nitrogen and oxygen atoms in total. The molecule has 0 bridgehead atoms. The Kier molecular flexibility index (Phi) is 6.84. The summed E-state index contributed by atoms with van der Waals surface area (Å²) in [5.74, 6) is 1.62. The molecule has 0 radical (unpaired) electrons. The van der Waals surface area contributed by atoms with E-state index in [-0.39, 0.29) is 11.9 Å². The van der Waals surface area contributed by atoms with Crippen LogP contribution in [-0.4, -0.2) is 37.0 Å². The van der Waals surface area contributed by atoms with Gasteiger partial charge in [0.2, 0.25) is 5.91 Å². The summed E-state index contributed by atoms with van der Waals surface area (Å²) in [6.45, 7) is 6.72. The second-order valence-electron chi connectivity index (χ2n) is 6.89. The van der Waals surface area contributed by atoms with Crippen LogP contribution in [0.4, 0.5) is 0 Å². The van der Waals surface area contributed by atoms with Crippen molar-refractivity contribution >= 4 is 5.91 Å². The molecule has 1 saturated carbocycles. The number of nitrogens with one attached hydrogen (secondary N) is 1. The van der Waals surface area contributed by atoms with Crippen molar-refractivity contribution in [3.63, 3.8) is 0 Å². The molecule has 3 heteroatoms. The topological polar surface area (TPSA) is 32.3 Å². The molecule has 112 valence electrons. The molecule has 0 aliphatic heterocycles. The van der Waals surface area contributed by atoms with Crippen LogP contribution in [0.1, 0.15) is 59.3 Å². The molecule has 0 aromatic heterocycles. The van der Waals surface area contributed by atoms with E-state index in [1.807, 2.05) is 14.1 Å². The van der Waals surface area contributed by atoms with Crippen LogP contribution in [0.3, 0.4) is 0 Å². The maximum absolute atomic E-state index is 12.3. The van der Waals surface area contributed by atoms with E-state index in [0.717, 1.165) is 12.3 Å². The van der Waals surface area contributed by atoms with Crippen LogP contribution in [0, 0.1) is 11.8 Å². The number of rotatable bonds is 5. The summed E-state index contributed by atoms with van der Waals surface area (Å²) >= 11 is 0. The van der Waals surface area contributed by atoms with Gasteiger partial charge >= 0.3 is 0 Å². The summed E-state index contributed by atoms with van der Waals surface area (Å²) in [7, 11) is 3.71. The van der Waals surface area contributed by atoms with Crippen molar-refractivity contribution in [2.24, 2.45) is 11.8 Å².